The highest BCUT2D eigenvalue weighted by atomic mass is 16.3. The van der Waals surface area contributed by atoms with Crippen molar-refractivity contribution in [1.82, 2.24) is 0 Å². The van der Waals surface area contributed by atoms with Crippen LogP contribution in [0.1, 0.15) is 16.7 Å². The molecule has 0 unspecified atom stereocenters. The van der Waals surface area contributed by atoms with Gasteiger partial charge in [-0.2, -0.15) is 0 Å². The average molecular weight is 301 g/mol. The van der Waals surface area contributed by atoms with Gasteiger partial charge in [-0.1, -0.05) is 48.5 Å². The van der Waals surface area contributed by atoms with E-state index >= 15 is 0 Å². The highest BCUT2D eigenvalue weighted by molar-refractivity contribution is 5.90. The fourth-order valence-electron chi connectivity index (χ4n) is 2.59. The Kier molecular flexibility index (Phi) is 4.24. The summed E-state index contributed by atoms with van der Waals surface area (Å²) in [4.78, 5) is 4.53. The van der Waals surface area contributed by atoms with E-state index in [1.165, 1.54) is 0 Å². The maximum atomic E-state index is 10.6. The van der Waals surface area contributed by atoms with Crippen LogP contribution in [-0.4, -0.2) is 11.3 Å². The van der Waals surface area contributed by atoms with Crippen LogP contribution in [0.4, 0.5) is 5.69 Å². The Morgan fingerprint density at radius 3 is 2.30 bits per heavy atom. The van der Waals surface area contributed by atoms with E-state index in [0.717, 1.165) is 33.5 Å². The van der Waals surface area contributed by atoms with Gasteiger partial charge < -0.3 is 5.11 Å². The Morgan fingerprint density at radius 2 is 1.57 bits per heavy atom. The Hall–Kier alpha value is -2.87. The zero-order valence-corrected chi connectivity index (χ0v) is 13.3. The fourth-order valence-corrected chi connectivity index (χ4v) is 2.59. The number of hydrogen-bond donors (Lipinski definition) is 1. The molecule has 0 radical (unpaired) electrons. The van der Waals surface area contributed by atoms with Crippen LogP contribution < -0.4 is 0 Å². The van der Waals surface area contributed by atoms with Crippen LogP contribution in [0, 0.1) is 13.8 Å². The highest BCUT2D eigenvalue weighted by Gasteiger charge is 2.09. The molecule has 0 aliphatic heterocycles. The third kappa shape index (κ3) is 3.32. The zero-order chi connectivity index (χ0) is 16.2. The van der Waals surface area contributed by atoms with Gasteiger partial charge in [0.25, 0.3) is 0 Å². The molecule has 0 aliphatic carbocycles. The summed E-state index contributed by atoms with van der Waals surface area (Å²) >= 11 is 0. The predicted molar refractivity (Wildman–Crippen MR) is 96.7 cm³/mol. The maximum absolute atomic E-state index is 10.6. The second-order valence-electron chi connectivity index (χ2n) is 5.66. The lowest BCUT2D eigenvalue weighted by Crippen LogP contribution is -1.89. The summed E-state index contributed by atoms with van der Waals surface area (Å²) in [5.74, 6) is 0.263. The molecular weight excluding hydrogens is 282 g/mol. The summed E-state index contributed by atoms with van der Waals surface area (Å²) in [5, 5.41) is 10.6. The lowest BCUT2D eigenvalue weighted by molar-refractivity contribution is 0.476. The van der Waals surface area contributed by atoms with E-state index in [2.05, 4.69) is 4.99 Å². The first-order valence-electron chi connectivity index (χ1n) is 7.64. The molecule has 0 saturated heterocycles. The van der Waals surface area contributed by atoms with Gasteiger partial charge in [-0.25, -0.2) is 0 Å². The number of phenols is 1. The molecule has 0 bridgehead atoms. The fraction of sp³-hybridized carbons (Fsp3) is 0.0952. The third-order valence-electron chi connectivity index (χ3n) is 3.83. The van der Waals surface area contributed by atoms with E-state index in [9.17, 15) is 5.11 Å². The molecule has 2 nitrogen and oxygen atoms in total. The van der Waals surface area contributed by atoms with Gasteiger partial charge in [-0.3, -0.25) is 4.99 Å². The summed E-state index contributed by atoms with van der Waals surface area (Å²) in [6, 6.07) is 21.8. The second kappa shape index (κ2) is 6.49. The molecule has 23 heavy (non-hydrogen) atoms. The number of aryl methyl sites for hydroxylation is 2. The number of rotatable bonds is 3. The number of aliphatic imine (C=N–C) groups is 1. The Morgan fingerprint density at radius 1 is 0.870 bits per heavy atom. The molecule has 3 rings (SSSR count). The van der Waals surface area contributed by atoms with Gasteiger partial charge in [-0.05, 0) is 48.7 Å². The molecule has 0 spiro atoms. The van der Waals surface area contributed by atoms with Crippen molar-refractivity contribution in [3.05, 3.63) is 83.4 Å². The standard InChI is InChI=1S/C21H19NO/c1-15-12-18(14-22-20-11-7-6-8-16(20)2)21(23)19(13-15)17-9-4-3-5-10-17/h3-14,23H,1-2H3. The third-order valence-corrected chi connectivity index (χ3v) is 3.83. The molecular formula is C21H19NO. The molecule has 0 aromatic heterocycles. The quantitative estimate of drug-likeness (QED) is 0.643. The minimum atomic E-state index is 0.263. The van der Waals surface area contributed by atoms with Gasteiger partial charge in [0, 0.05) is 17.3 Å². The largest absolute Gasteiger partial charge is 0.507 e. The van der Waals surface area contributed by atoms with Crippen LogP contribution in [-0.2, 0) is 0 Å². The van der Waals surface area contributed by atoms with Crippen molar-refractivity contribution in [2.75, 3.05) is 0 Å². The van der Waals surface area contributed by atoms with Crippen LogP contribution >= 0.6 is 0 Å². The van der Waals surface area contributed by atoms with Crippen LogP contribution in [0.15, 0.2) is 71.7 Å². The van der Waals surface area contributed by atoms with Crippen molar-refractivity contribution in [2.24, 2.45) is 4.99 Å². The number of para-hydroxylation sites is 1. The molecule has 0 atom stereocenters. The number of aromatic hydroxyl groups is 1. The van der Waals surface area contributed by atoms with Crippen LogP contribution in [0.25, 0.3) is 11.1 Å². The average Bonchev–Trinajstić information content (AvgIpc) is 2.57. The van der Waals surface area contributed by atoms with Crippen LogP contribution in [0.3, 0.4) is 0 Å². The Labute approximate surface area is 136 Å². The van der Waals surface area contributed by atoms with Crippen LogP contribution in [0.5, 0.6) is 5.75 Å². The summed E-state index contributed by atoms with van der Waals surface area (Å²) in [5.41, 5.74) is 5.67. The lowest BCUT2D eigenvalue weighted by Gasteiger charge is -2.09. The van der Waals surface area contributed by atoms with Crippen LogP contribution in [0.2, 0.25) is 0 Å². The Bertz CT molecular complexity index is 851. The van der Waals surface area contributed by atoms with Gasteiger partial charge in [0.15, 0.2) is 0 Å². The predicted octanol–water partition coefficient (Wildman–Crippen LogP) is 5.43. The van der Waals surface area contributed by atoms with Gasteiger partial charge >= 0.3 is 0 Å². The van der Waals surface area contributed by atoms with Crippen molar-refractivity contribution >= 4 is 11.9 Å². The number of nitrogens with zero attached hydrogens (tertiary/aromatic N) is 1. The van der Waals surface area contributed by atoms with E-state index in [0.29, 0.717) is 0 Å². The molecule has 0 fully saturated rings. The first kappa shape index (κ1) is 15.0. The number of phenolic OH excluding ortho intramolecular Hbond substituents is 1. The van der Waals surface area contributed by atoms with E-state index in [1.54, 1.807) is 6.21 Å². The summed E-state index contributed by atoms with van der Waals surface area (Å²) in [7, 11) is 0. The molecule has 0 aliphatic rings. The van der Waals surface area contributed by atoms with Gasteiger partial charge in [0.1, 0.15) is 5.75 Å². The smallest absolute Gasteiger partial charge is 0.132 e. The highest BCUT2D eigenvalue weighted by Crippen LogP contribution is 2.33. The molecule has 3 aromatic rings. The second-order valence-corrected chi connectivity index (χ2v) is 5.66. The van der Waals surface area contributed by atoms with E-state index < -0.39 is 0 Å². The van der Waals surface area contributed by atoms with Crippen molar-refractivity contribution in [3.8, 4) is 16.9 Å². The SMILES string of the molecule is Cc1cc(C=Nc2ccccc2C)c(O)c(-c2ccccc2)c1. The van der Waals surface area contributed by atoms with E-state index in [-0.39, 0.29) is 5.75 Å². The van der Waals surface area contributed by atoms with Gasteiger partial charge in [0.2, 0.25) is 0 Å². The van der Waals surface area contributed by atoms with Crippen molar-refractivity contribution in [2.45, 2.75) is 13.8 Å². The van der Waals surface area contributed by atoms with Gasteiger partial charge in [-0.15, -0.1) is 0 Å². The molecule has 0 amide bonds. The molecule has 0 heterocycles. The molecule has 0 saturated carbocycles. The first-order valence-corrected chi connectivity index (χ1v) is 7.64. The van der Waals surface area contributed by atoms with Gasteiger partial charge in [0.05, 0.1) is 5.69 Å². The number of hydrogen-bond acceptors (Lipinski definition) is 2. The van der Waals surface area contributed by atoms with Crippen molar-refractivity contribution < 1.29 is 5.11 Å². The maximum Gasteiger partial charge on any atom is 0.132 e. The van der Waals surface area contributed by atoms with E-state index in [4.69, 9.17) is 0 Å². The molecule has 114 valence electrons. The van der Waals surface area contributed by atoms with Crippen molar-refractivity contribution in [3.63, 3.8) is 0 Å². The van der Waals surface area contributed by atoms with Crippen molar-refractivity contribution in [1.29, 1.82) is 0 Å². The monoisotopic (exact) mass is 301 g/mol. The zero-order valence-electron chi connectivity index (χ0n) is 13.3. The summed E-state index contributed by atoms with van der Waals surface area (Å²) < 4.78 is 0. The number of benzene rings is 3. The molecule has 2 heteroatoms. The van der Waals surface area contributed by atoms with E-state index in [1.807, 2.05) is 80.6 Å². The molecule has 1 N–H and O–H groups in total. The minimum Gasteiger partial charge on any atom is -0.507 e. The summed E-state index contributed by atoms with van der Waals surface area (Å²) in [6.07, 6.45) is 1.73. The minimum absolute atomic E-state index is 0.263. The first-order chi connectivity index (χ1) is 11.1. The molecule has 3 aromatic carbocycles. The lowest BCUT2D eigenvalue weighted by atomic mass is 9.99. The normalized spacial score (nSPS) is 11.0. The summed E-state index contributed by atoms with van der Waals surface area (Å²) in [6.45, 7) is 4.05. The Balaban J connectivity index is 2.04. The topological polar surface area (TPSA) is 32.6 Å².